The van der Waals surface area contributed by atoms with E-state index >= 15 is 0 Å². The lowest BCUT2D eigenvalue weighted by Gasteiger charge is -2.15. The maximum Gasteiger partial charge on any atom is 0.334 e. The summed E-state index contributed by atoms with van der Waals surface area (Å²) in [6.45, 7) is 0. The molecule has 0 aliphatic rings. The van der Waals surface area contributed by atoms with Gasteiger partial charge in [-0.1, -0.05) is 12.1 Å². The number of hydrogen-bond acceptors (Lipinski definition) is 4. The van der Waals surface area contributed by atoms with Crippen molar-refractivity contribution in [2.45, 2.75) is 12.1 Å². The number of hydrogen-bond donors (Lipinski definition) is 4. The third kappa shape index (κ3) is 2.56. The van der Waals surface area contributed by atoms with Gasteiger partial charge in [-0.3, -0.25) is 4.79 Å². The third-order valence-electron chi connectivity index (χ3n) is 2.17. The summed E-state index contributed by atoms with van der Waals surface area (Å²) in [5.74, 6) is -1.98. The SMILES string of the molecule is NC(=O)c1ccc([C@H](N)[C@@H](O)C(=O)O)cc1. The van der Waals surface area contributed by atoms with Gasteiger partial charge in [0.1, 0.15) is 0 Å². The van der Waals surface area contributed by atoms with Gasteiger partial charge in [-0.25, -0.2) is 4.79 Å². The van der Waals surface area contributed by atoms with Crippen molar-refractivity contribution < 1.29 is 19.8 Å². The molecule has 0 fully saturated rings. The average Bonchev–Trinajstić information content (AvgIpc) is 2.27. The molecule has 1 aromatic rings. The van der Waals surface area contributed by atoms with Gasteiger partial charge in [0.15, 0.2) is 6.10 Å². The van der Waals surface area contributed by atoms with Crippen LogP contribution in [0.3, 0.4) is 0 Å². The normalized spacial score (nSPS) is 14.1. The Kier molecular flexibility index (Phi) is 3.60. The Hall–Kier alpha value is -1.92. The number of carbonyl (C=O) groups is 2. The van der Waals surface area contributed by atoms with E-state index in [4.69, 9.17) is 16.6 Å². The Bertz CT molecular complexity index is 402. The van der Waals surface area contributed by atoms with Crippen LogP contribution < -0.4 is 11.5 Å². The van der Waals surface area contributed by atoms with E-state index in [1.165, 1.54) is 24.3 Å². The van der Waals surface area contributed by atoms with E-state index in [2.05, 4.69) is 0 Å². The van der Waals surface area contributed by atoms with Crippen molar-refractivity contribution in [3.63, 3.8) is 0 Å². The second-order valence-corrected chi connectivity index (χ2v) is 3.30. The third-order valence-corrected chi connectivity index (χ3v) is 2.17. The van der Waals surface area contributed by atoms with Crippen LogP contribution in [-0.4, -0.2) is 28.2 Å². The number of carboxylic acids is 1. The second kappa shape index (κ2) is 4.73. The molecule has 6 heteroatoms. The Balaban J connectivity index is 2.89. The van der Waals surface area contributed by atoms with Crippen LogP contribution in [0.2, 0.25) is 0 Å². The molecule has 0 heterocycles. The first-order valence-electron chi connectivity index (χ1n) is 4.49. The summed E-state index contributed by atoms with van der Waals surface area (Å²) in [4.78, 5) is 21.3. The number of carboxylic acid groups (broad SMARTS) is 1. The minimum absolute atomic E-state index is 0.292. The molecule has 86 valence electrons. The highest BCUT2D eigenvalue weighted by atomic mass is 16.4. The number of aliphatic hydroxyl groups excluding tert-OH is 1. The van der Waals surface area contributed by atoms with E-state index in [1.807, 2.05) is 0 Å². The molecule has 1 rings (SSSR count). The van der Waals surface area contributed by atoms with Crippen LogP contribution in [0.5, 0.6) is 0 Å². The predicted octanol–water partition coefficient (Wildman–Crippen LogP) is -0.769. The zero-order valence-electron chi connectivity index (χ0n) is 8.33. The number of primary amides is 1. The number of amides is 1. The van der Waals surface area contributed by atoms with Crippen LogP contribution in [0.15, 0.2) is 24.3 Å². The summed E-state index contributed by atoms with van der Waals surface area (Å²) >= 11 is 0. The van der Waals surface area contributed by atoms with E-state index in [9.17, 15) is 14.7 Å². The van der Waals surface area contributed by atoms with E-state index < -0.39 is 24.0 Å². The minimum Gasteiger partial charge on any atom is -0.479 e. The van der Waals surface area contributed by atoms with Gasteiger partial charge < -0.3 is 21.7 Å². The molecule has 0 bridgehead atoms. The maximum absolute atomic E-state index is 10.8. The largest absolute Gasteiger partial charge is 0.479 e. The second-order valence-electron chi connectivity index (χ2n) is 3.30. The summed E-state index contributed by atoms with van der Waals surface area (Å²) < 4.78 is 0. The van der Waals surface area contributed by atoms with E-state index in [1.54, 1.807) is 0 Å². The number of aliphatic carboxylic acids is 1. The smallest absolute Gasteiger partial charge is 0.334 e. The molecule has 0 spiro atoms. The van der Waals surface area contributed by atoms with Gasteiger partial charge in [0, 0.05) is 5.56 Å². The summed E-state index contributed by atoms with van der Waals surface area (Å²) in [5.41, 5.74) is 11.3. The van der Waals surface area contributed by atoms with Crippen molar-refractivity contribution in [1.82, 2.24) is 0 Å². The molecule has 6 N–H and O–H groups in total. The lowest BCUT2D eigenvalue weighted by Crippen LogP contribution is -2.33. The molecule has 0 saturated heterocycles. The molecular formula is C10H12N2O4. The molecule has 1 amide bonds. The molecule has 0 saturated carbocycles. The molecule has 6 nitrogen and oxygen atoms in total. The van der Waals surface area contributed by atoms with Gasteiger partial charge >= 0.3 is 5.97 Å². The van der Waals surface area contributed by atoms with Gasteiger partial charge in [-0.2, -0.15) is 0 Å². The fourth-order valence-corrected chi connectivity index (χ4v) is 1.21. The molecular weight excluding hydrogens is 212 g/mol. The van der Waals surface area contributed by atoms with E-state index in [0.29, 0.717) is 11.1 Å². The van der Waals surface area contributed by atoms with Gasteiger partial charge in [0.25, 0.3) is 0 Å². The molecule has 2 atom stereocenters. The van der Waals surface area contributed by atoms with Gasteiger partial charge in [-0.15, -0.1) is 0 Å². The Labute approximate surface area is 91.5 Å². The lowest BCUT2D eigenvalue weighted by atomic mass is 10.0. The van der Waals surface area contributed by atoms with Crippen molar-refractivity contribution in [2.24, 2.45) is 11.5 Å². The molecule has 0 radical (unpaired) electrons. The fourth-order valence-electron chi connectivity index (χ4n) is 1.21. The summed E-state index contributed by atoms with van der Waals surface area (Å²) in [6.07, 6.45) is -1.68. The highest BCUT2D eigenvalue weighted by Crippen LogP contribution is 2.15. The van der Waals surface area contributed by atoms with Crippen molar-refractivity contribution in [1.29, 1.82) is 0 Å². The van der Waals surface area contributed by atoms with Gasteiger partial charge in [-0.05, 0) is 17.7 Å². The standard InChI is InChI=1S/C10H12N2O4/c11-7(8(13)10(15)16)5-1-3-6(4-2-5)9(12)14/h1-4,7-8,13H,11H2,(H2,12,14)(H,15,16)/t7-,8+/m0/s1. The number of nitrogens with two attached hydrogens (primary N) is 2. The zero-order chi connectivity index (χ0) is 12.3. The molecule has 0 aromatic heterocycles. The van der Waals surface area contributed by atoms with Crippen LogP contribution in [0, 0.1) is 0 Å². The highest BCUT2D eigenvalue weighted by Gasteiger charge is 2.23. The first-order chi connectivity index (χ1) is 7.43. The first kappa shape index (κ1) is 12.2. The van der Waals surface area contributed by atoms with Crippen molar-refractivity contribution in [3.05, 3.63) is 35.4 Å². The van der Waals surface area contributed by atoms with Gasteiger partial charge in [0.2, 0.25) is 5.91 Å². The monoisotopic (exact) mass is 224 g/mol. The number of aliphatic hydroxyl groups is 1. The summed E-state index contributed by atoms with van der Waals surface area (Å²) in [5, 5.41) is 17.8. The quantitative estimate of drug-likeness (QED) is 0.534. The number of benzene rings is 1. The molecule has 16 heavy (non-hydrogen) atoms. The molecule has 0 unspecified atom stereocenters. The van der Waals surface area contributed by atoms with Crippen LogP contribution in [0.1, 0.15) is 22.0 Å². The number of carbonyl (C=O) groups excluding carboxylic acids is 1. The van der Waals surface area contributed by atoms with Gasteiger partial charge in [0.05, 0.1) is 6.04 Å². The molecule has 0 aliphatic heterocycles. The summed E-state index contributed by atoms with van der Waals surface area (Å²) in [7, 11) is 0. The Morgan fingerprint density at radius 3 is 2.06 bits per heavy atom. The van der Waals surface area contributed by atoms with Crippen LogP contribution in [0.4, 0.5) is 0 Å². The minimum atomic E-state index is -1.68. The lowest BCUT2D eigenvalue weighted by molar-refractivity contribution is -0.147. The highest BCUT2D eigenvalue weighted by molar-refractivity contribution is 5.92. The first-order valence-corrected chi connectivity index (χ1v) is 4.49. The Morgan fingerprint density at radius 2 is 1.69 bits per heavy atom. The van der Waals surface area contributed by atoms with Crippen molar-refractivity contribution in [2.75, 3.05) is 0 Å². The van der Waals surface area contributed by atoms with Crippen molar-refractivity contribution >= 4 is 11.9 Å². The van der Waals surface area contributed by atoms with E-state index in [-0.39, 0.29) is 0 Å². The zero-order valence-corrected chi connectivity index (χ0v) is 8.33. The van der Waals surface area contributed by atoms with Crippen LogP contribution >= 0.6 is 0 Å². The summed E-state index contributed by atoms with van der Waals surface area (Å²) in [6, 6.07) is 4.71. The average molecular weight is 224 g/mol. The maximum atomic E-state index is 10.8. The van der Waals surface area contributed by atoms with E-state index in [0.717, 1.165) is 0 Å². The molecule has 0 aliphatic carbocycles. The van der Waals surface area contributed by atoms with Crippen molar-refractivity contribution in [3.8, 4) is 0 Å². The fraction of sp³-hybridized carbons (Fsp3) is 0.200. The predicted molar refractivity (Wildman–Crippen MR) is 55.5 cm³/mol. The topological polar surface area (TPSA) is 127 Å². The Morgan fingerprint density at radius 1 is 1.19 bits per heavy atom. The van der Waals surface area contributed by atoms with Crippen LogP contribution in [0.25, 0.3) is 0 Å². The van der Waals surface area contributed by atoms with Crippen LogP contribution in [-0.2, 0) is 4.79 Å². The molecule has 1 aromatic carbocycles. The number of rotatable bonds is 4.